The first-order valence-corrected chi connectivity index (χ1v) is 9.55. The third-order valence-electron chi connectivity index (χ3n) is 4.92. The van der Waals surface area contributed by atoms with Gasteiger partial charge in [-0.15, -0.1) is 0 Å². The van der Waals surface area contributed by atoms with Crippen molar-refractivity contribution in [2.75, 3.05) is 38.1 Å². The van der Waals surface area contributed by atoms with Gasteiger partial charge in [0.15, 0.2) is 11.5 Å². The fourth-order valence-corrected chi connectivity index (χ4v) is 3.50. The average molecular weight is 398 g/mol. The molecule has 29 heavy (non-hydrogen) atoms. The number of nitrogens with one attached hydrogen (secondary N) is 1. The summed E-state index contributed by atoms with van der Waals surface area (Å²) in [7, 11) is 4.68. The highest BCUT2D eigenvalue weighted by Crippen LogP contribution is 2.40. The van der Waals surface area contributed by atoms with Crippen molar-refractivity contribution in [3.8, 4) is 17.2 Å². The number of aryl methyl sites for hydroxylation is 1. The second-order valence-electron chi connectivity index (χ2n) is 6.74. The number of carbonyl (C=O) groups excluding carboxylic acids is 2. The summed E-state index contributed by atoms with van der Waals surface area (Å²) in [6.07, 6.45) is 2.20. The SMILES string of the molecule is COc1ccc(CCC(=O)Nc2cccc(N3CCCC3=O)c2)c(OC)c1OC. The van der Waals surface area contributed by atoms with E-state index in [-0.39, 0.29) is 18.2 Å². The van der Waals surface area contributed by atoms with Gasteiger partial charge in [-0.05, 0) is 42.7 Å². The maximum atomic E-state index is 12.5. The molecule has 1 N–H and O–H groups in total. The van der Waals surface area contributed by atoms with Crippen LogP contribution in [0.2, 0.25) is 0 Å². The van der Waals surface area contributed by atoms with Crippen molar-refractivity contribution in [2.24, 2.45) is 0 Å². The van der Waals surface area contributed by atoms with Crippen molar-refractivity contribution in [3.63, 3.8) is 0 Å². The Kier molecular flexibility index (Phi) is 6.59. The smallest absolute Gasteiger partial charge is 0.227 e. The number of hydrogen-bond donors (Lipinski definition) is 1. The molecule has 0 saturated carbocycles. The molecule has 3 rings (SSSR count). The zero-order valence-corrected chi connectivity index (χ0v) is 17.0. The molecule has 1 saturated heterocycles. The Balaban J connectivity index is 1.66. The van der Waals surface area contributed by atoms with Crippen molar-refractivity contribution >= 4 is 23.2 Å². The Morgan fingerprint density at radius 1 is 1.07 bits per heavy atom. The van der Waals surface area contributed by atoms with Crippen LogP contribution in [0.4, 0.5) is 11.4 Å². The van der Waals surface area contributed by atoms with Gasteiger partial charge in [-0.1, -0.05) is 12.1 Å². The highest BCUT2D eigenvalue weighted by atomic mass is 16.5. The molecule has 2 aromatic rings. The van der Waals surface area contributed by atoms with Crippen LogP contribution in [-0.4, -0.2) is 39.7 Å². The van der Waals surface area contributed by atoms with E-state index in [9.17, 15) is 9.59 Å². The molecule has 0 unspecified atom stereocenters. The van der Waals surface area contributed by atoms with Crippen LogP contribution in [0.3, 0.4) is 0 Å². The van der Waals surface area contributed by atoms with Crippen LogP contribution >= 0.6 is 0 Å². The summed E-state index contributed by atoms with van der Waals surface area (Å²) < 4.78 is 16.1. The zero-order valence-electron chi connectivity index (χ0n) is 17.0. The highest BCUT2D eigenvalue weighted by Gasteiger charge is 2.22. The number of amides is 2. The van der Waals surface area contributed by atoms with Gasteiger partial charge >= 0.3 is 0 Å². The molecule has 0 bridgehead atoms. The molecule has 2 aromatic carbocycles. The molecule has 0 spiro atoms. The Hall–Kier alpha value is -3.22. The van der Waals surface area contributed by atoms with E-state index in [0.29, 0.717) is 35.8 Å². The summed E-state index contributed by atoms with van der Waals surface area (Å²) in [4.78, 5) is 26.2. The number of rotatable bonds is 8. The van der Waals surface area contributed by atoms with Gasteiger partial charge < -0.3 is 24.4 Å². The van der Waals surface area contributed by atoms with Crippen LogP contribution in [0.15, 0.2) is 36.4 Å². The van der Waals surface area contributed by atoms with Crippen LogP contribution in [0, 0.1) is 0 Å². The lowest BCUT2D eigenvalue weighted by Crippen LogP contribution is -2.23. The van der Waals surface area contributed by atoms with Gasteiger partial charge in [0.2, 0.25) is 17.6 Å². The van der Waals surface area contributed by atoms with Crippen molar-refractivity contribution in [1.82, 2.24) is 0 Å². The number of carbonyl (C=O) groups is 2. The largest absolute Gasteiger partial charge is 0.493 e. The number of anilines is 2. The molecule has 1 aliphatic heterocycles. The second-order valence-corrected chi connectivity index (χ2v) is 6.74. The Morgan fingerprint density at radius 2 is 1.86 bits per heavy atom. The number of ether oxygens (including phenoxy) is 3. The van der Waals surface area contributed by atoms with E-state index in [0.717, 1.165) is 24.2 Å². The van der Waals surface area contributed by atoms with Crippen molar-refractivity contribution in [1.29, 1.82) is 0 Å². The van der Waals surface area contributed by atoms with Gasteiger partial charge in [-0.2, -0.15) is 0 Å². The molecule has 1 aliphatic rings. The third kappa shape index (κ3) is 4.62. The summed E-state index contributed by atoms with van der Waals surface area (Å²) in [5, 5.41) is 2.91. The molecule has 1 fully saturated rings. The summed E-state index contributed by atoms with van der Waals surface area (Å²) in [6, 6.07) is 11.0. The van der Waals surface area contributed by atoms with E-state index in [1.165, 1.54) is 0 Å². The zero-order chi connectivity index (χ0) is 20.8. The topological polar surface area (TPSA) is 77.1 Å². The summed E-state index contributed by atoms with van der Waals surface area (Å²) in [6.45, 7) is 0.718. The van der Waals surface area contributed by atoms with Gasteiger partial charge in [0.1, 0.15) is 0 Å². The van der Waals surface area contributed by atoms with Crippen molar-refractivity contribution in [3.05, 3.63) is 42.0 Å². The molecular formula is C22H26N2O5. The van der Waals surface area contributed by atoms with Crippen LogP contribution in [-0.2, 0) is 16.0 Å². The van der Waals surface area contributed by atoms with Gasteiger partial charge in [0, 0.05) is 30.8 Å². The Bertz CT molecular complexity index is 897. The lowest BCUT2D eigenvalue weighted by atomic mass is 10.1. The van der Waals surface area contributed by atoms with E-state index >= 15 is 0 Å². The predicted molar refractivity (Wildman–Crippen MR) is 111 cm³/mol. The molecular weight excluding hydrogens is 372 g/mol. The first kappa shape index (κ1) is 20.5. The van der Waals surface area contributed by atoms with Crippen LogP contribution < -0.4 is 24.4 Å². The molecule has 2 amide bonds. The van der Waals surface area contributed by atoms with Crippen molar-refractivity contribution < 1.29 is 23.8 Å². The van der Waals surface area contributed by atoms with E-state index in [4.69, 9.17) is 14.2 Å². The number of nitrogens with zero attached hydrogens (tertiary/aromatic N) is 1. The molecule has 0 aliphatic carbocycles. The maximum Gasteiger partial charge on any atom is 0.227 e. The third-order valence-corrected chi connectivity index (χ3v) is 4.92. The average Bonchev–Trinajstić information content (AvgIpc) is 3.17. The maximum absolute atomic E-state index is 12.5. The monoisotopic (exact) mass is 398 g/mol. The lowest BCUT2D eigenvalue weighted by molar-refractivity contribution is -0.117. The molecule has 7 nitrogen and oxygen atoms in total. The predicted octanol–water partition coefficient (Wildman–Crippen LogP) is 3.41. The van der Waals surface area contributed by atoms with Crippen LogP contribution in [0.5, 0.6) is 17.2 Å². The fourth-order valence-electron chi connectivity index (χ4n) is 3.50. The first-order valence-electron chi connectivity index (χ1n) is 9.55. The molecule has 0 radical (unpaired) electrons. The van der Waals surface area contributed by atoms with Crippen LogP contribution in [0.1, 0.15) is 24.8 Å². The number of hydrogen-bond acceptors (Lipinski definition) is 5. The minimum Gasteiger partial charge on any atom is -0.493 e. The molecule has 154 valence electrons. The molecule has 0 aromatic heterocycles. The Morgan fingerprint density at radius 3 is 2.52 bits per heavy atom. The fraction of sp³-hybridized carbons (Fsp3) is 0.364. The summed E-state index contributed by atoms with van der Waals surface area (Å²) in [5.74, 6) is 1.65. The van der Waals surface area contributed by atoms with Gasteiger partial charge in [0.25, 0.3) is 0 Å². The standard InChI is InChI=1S/C22H26N2O5/c1-27-18-11-9-15(21(28-2)22(18)29-3)10-12-19(25)23-16-6-4-7-17(14-16)24-13-5-8-20(24)26/h4,6-7,9,11,14H,5,8,10,12-13H2,1-3H3,(H,23,25). The van der Waals surface area contributed by atoms with Crippen molar-refractivity contribution in [2.45, 2.75) is 25.7 Å². The first-order chi connectivity index (χ1) is 14.1. The summed E-state index contributed by atoms with van der Waals surface area (Å²) in [5.41, 5.74) is 2.34. The van der Waals surface area contributed by atoms with Gasteiger partial charge in [0.05, 0.1) is 21.3 Å². The molecule has 1 heterocycles. The van der Waals surface area contributed by atoms with E-state index in [1.54, 1.807) is 32.3 Å². The second kappa shape index (κ2) is 9.32. The van der Waals surface area contributed by atoms with Gasteiger partial charge in [-0.3, -0.25) is 9.59 Å². The quantitative estimate of drug-likeness (QED) is 0.737. The minimum atomic E-state index is -0.119. The van der Waals surface area contributed by atoms with E-state index in [1.807, 2.05) is 30.3 Å². The highest BCUT2D eigenvalue weighted by molar-refractivity contribution is 5.97. The molecule has 0 atom stereocenters. The number of benzene rings is 2. The molecule has 7 heteroatoms. The number of methoxy groups -OCH3 is 3. The summed E-state index contributed by atoms with van der Waals surface area (Å²) >= 11 is 0. The Labute approximate surface area is 170 Å². The lowest BCUT2D eigenvalue weighted by Gasteiger charge is -2.17. The van der Waals surface area contributed by atoms with E-state index in [2.05, 4.69) is 5.32 Å². The van der Waals surface area contributed by atoms with Crippen LogP contribution in [0.25, 0.3) is 0 Å². The minimum absolute atomic E-state index is 0.119. The van der Waals surface area contributed by atoms with Gasteiger partial charge in [-0.25, -0.2) is 0 Å². The normalized spacial score (nSPS) is 13.3. The van der Waals surface area contributed by atoms with E-state index < -0.39 is 0 Å².